The molecular formula is C14H9IN2O2. The van der Waals surface area contributed by atoms with Gasteiger partial charge in [0.05, 0.1) is 12.4 Å². The zero-order valence-electron chi connectivity index (χ0n) is 9.75. The van der Waals surface area contributed by atoms with Crippen LogP contribution in [0.2, 0.25) is 0 Å². The minimum Gasteiger partial charge on any atom is -0.508 e. The average molecular weight is 364 g/mol. The van der Waals surface area contributed by atoms with Crippen molar-refractivity contribution in [3.8, 4) is 22.9 Å². The van der Waals surface area contributed by atoms with E-state index >= 15 is 0 Å². The maximum absolute atomic E-state index is 9.43. The second-order valence-corrected chi connectivity index (χ2v) is 4.51. The molecule has 5 heteroatoms. The number of aromatic nitrogens is 2. The molecule has 19 heavy (non-hydrogen) atoms. The standard InChI is InChI=1S/C14H9IN2O2/c15-19-13-7-16-14(17-8-13)11-2-1-10-6-12(18)4-3-9(10)5-11/h1-8,18H. The van der Waals surface area contributed by atoms with Crippen LogP contribution in [0.5, 0.6) is 11.5 Å². The maximum atomic E-state index is 9.43. The predicted octanol–water partition coefficient (Wildman–Crippen LogP) is 3.73. The summed E-state index contributed by atoms with van der Waals surface area (Å²) < 4.78 is 5.01. The third-order valence-corrected chi connectivity index (χ3v) is 3.31. The number of nitrogens with zero attached hydrogens (tertiary/aromatic N) is 2. The SMILES string of the molecule is Oc1ccc2cc(-c3ncc(OI)cn3)ccc2c1. The van der Waals surface area contributed by atoms with E-state index in [2.05, 4.69) is 9.97 Å². The lowest BCUT2D eigenvalue weighted by Crippen LogP contribution is -1.89. The van der Waals surface area contributed by atoms with Gasteiger partial charge in [-0.2, -0.15) is 0 Å². The summed E-state index contributed by atoms with van der Waals surface area (Å²) in [5, 5.41) is 11.5. The molecule has 0 amide bonds. The van der Waals surface area contributed by atoms with Crippen molar-refractivity contribution in [2.45, 2.75) is 0 Å². The van der Waals surface area contributed by atoms with Gasteiger partial charge in [-0.25, -0.2) is 9.97 Å². The Kier molecular flexibility index (Phi) is 3.20. The minimum absolute atomic E-state index is 0.264. The van der Waals surface area contributed by atoms with Crippen LogP contribution in [0.1, 0.15) is 0 Å². The number of phenols is 1. The monoisotopic (exact) mass is 364 g/mol. The van der Waals surface area contributed by atoms with E-state index < -0.39 is 0 Å². The van der Waals surface area contributed by atoms with Crippen molar-refractivity contribution in [1.82, 2.24) is 9.97 Å². The van der Waals surface area contributed by atoms with Crippen LogP contribution >= 0.6 is 23.0 Å². The first kappa shape index (κ1) is 12.2. The van der Waals surface area contributed by atoms with E-state index in [-0.39, 0.29) is 5.75 Å². The molecule has 0 aliphatic carbocycles. The van der Waals surface area contributed by atoms with Crippen molar-refractivity contribution in [1.29, 1.82) is 0 Å². The zero-order valence-corrected chi connectivity index (χ0v) is 11.9. The fourth-order valence-corrected chi connectivity index (χ4v) is 2.10. The molecule has 0 spiro atoms. The summed E-state index contributed by atoms with van der Waals surface area (Å²) in [6.07, 6.45) is 3.27. The fourth-order valence-electron chi connectivity index (χ4n) is 1.88. The third kappa shape index (κ3) is 2.46. The highest BCUT2D eigenvalue weighted by molar-refractivity contribution is 14.1. The van der Waals surface area contributed by atoms with Crippen molar-refractivity contribution in [3.63, 3.8) is 0 Å². The lowest BCUT2D eigenvalue weighted by atomic mass is 10.1. The number of hydrogen-bond donors (Lipinski definition) is 1. The van der Waals surface area contributed by atoms with E-state index in [1.54, 1.807) is 47.5 Å². The highest BCUT2D eigenvalue weighted by Gasteiger charge is 2.04. The molecule has 2 aromatic carbocycles. The number of rotatable bonds is 2. The van der Waals surface area contributed by atoms with Gasteiger partial charge in [-0.1, -0.05) is 18.2 Å². The van der Waals surface area contributed by atoms with Gasteiger partial charge in [-0.15, -0.1) is 0 Å². The molecule has 1 heterocycles. The molecule has 0 aliphatic rings. The van der Waals surface area contributed by atoms with Gasteiger partial charge in [-0.3, -0.25) is 0 Å². The molecule has 0 fully saturated rings. The molecule has 4 nitrogen and oxygen atoms in total. The molecule has 0 radical (unpaired) electrons. The Hall–Kier alpha value is -1.89. The van der Waals surface area contributed by atoms with Crippen LogP contribution in [0.25, 0.3) is 22.2 Å². The van der Waals surface area contributed by atoms with Crippen molar-refractivity contribution in [2.75, 3.05) is 0 Å². The molecule has 0 bridgehead atoms. The minimum atomic E-state index is 0.264. The molecule has 0 aliphatic heterocycles. The fraction of sp³-hybridized carbons (Fsp3) is 0. The summed E-state index contributed by atoms with van der Waals surface area (Å²) in [4.78, 5) is 8.51. The van der Waals surface area contributed by atoms with Gasteiger partial charge in [0.15, 0.2) is 34.6 Å². The average Bonchev–Trinajstić information content (AvgIpc) is 2.47. The number of phenolic OH excluding ortho intramolecular Hbond substituents is 1. The van der Waals surface area contributed by atoms with Crippen LogP contribution in [-0.2, 0) is 0 Å². The molecule has 0 saturated heterocycles. The molecule has 94 valence electrons. The molecule has 1 N–H and O–H groups in total. The van der Waals surface area contributed by atoms with Crippen LogP contribution in [0.15, 0.2) is 48.8 Å². The summed E-state index contributed by atoms with van der Waals surface area (Å²) in [7, 11) is 0. The zero-order chi connectivity index (χ0) is 13.2. The Morgan fingerprint density at radius 1 is 0.947 bits per heavy atom. The van der Waals surface area contributed by atoms with Crippen molar-refractivity contribution in [2.24, 2.45) is 0 Å². The van der Waals surface area contributed by atoms with Gasteiger partial charge in [0, 0.05) is 5.56 Å². The molecule has 3 aromatic rings. The normalized spacial score (nSPS) is 10.6. The summed E-state index contributed by atoms with van der Waals surface area (Å²) >= 11 is 1.79. The van der Waals surface area contributed by atoms with Gasteiger partial charge in [0.1, 0.15) is 5.75 Å². The van der Waals surface area contributed by atoms with E-state index in [0.29, 0.717) is 11.6 Å². The predicted molar refractivity (Wildman–Crippen MR) is 81.3 cm³/mol. The highest BCUT2D eigenvalue weighted by atomic mass is 127. The molecule has 0 unspecified atom stereocenters. The first-order valence-electron chi connectivity index (χ1n) is 5.60. The lowest BCUT2D eigenvalue weighted by molar-refractivity contribution is 0.476. The topological polar surface area (TPSA) is 55.2 Å². The van der Waals surface area contributed by atoms with Gasteiger partial charge in [-0.05, 0) is 29.0 Å². The Morgan fingerprint density at radius 2 is 1.63 bits per heavy atom. The van der Waals surface area contributed by atoms with Gasteiger partial charge >= 0.3 is 0 Å². The van der Waals surface area contributed by atoms with Gasteiger partial charge in [0.2, 0.25) is 0 Å². The van der Waals surface area contributed by atoms with Crippen molar-refractivity contribution >= 4 is 33.8 Å². The lowest BCUT2D eigenvalue weighted by Gasteiger charge is -2.04. The Labute approximate surface area is 123 Å². The Morgan fingerprint density at radius 3 is 2.37 bits per heavy atom. The van der Waals surface area contributed by atoms with Crippen LogP contribution < -0.4 is 3.07 Å². The van der Waals surface area contributed by atoms with E-state index in [1.807, 2.05) is 24.3 Å². The van der Waals surface area contributed by atoms with Crippen LogP contribution in [-0.4, -0.2) is 15.1 Å². The quantitative estimate of drug-likeness (QED) is 0.704. The van der Waals surface area contributed by atoms with Crippen LogP contribution in [0, 0.1) is 0 Å². The Balaban J connectivity index is 2.06. The van der Waals surface area contributed by atoms with Crippen LogP contribution in [0.3, 0.4) is 0 Å². The van der Waals surface area contributed by atoms with E-state index in [9.17, 15) is 5.11 Å². The number of hydrogen-bond acceptors (Lipinski definition) is 4. The Bertz CT molecular complexity index is 729. The van der Waals surface area contributed by atoms with E-state index in [4.69, 9.17) is 3.07 Å². The van der Waals surface area contributed by atoms with E-state index in [0.717, 1.165) is 16.3 Å². The maximum Gasteiger partial charge on any atom is 0.192 e. The van der Waals surface area contributed by atoms with E-state index in [1.165, 1.54) is 0 Å². The molecule has 0 atom stereocenters. The smallest absolute Gasteiger partial charge is 0.192 e. The number of benzene rings is 2. The van der Waals surface area contributed by atoms with Crippen molar-refractivity contribution < 1.29 is 8.17 Å². The molecular weight excluding hydrogens is 355 g/mol. The summed E-state index contributed by atoms with van der Waals surface area (Å²) in [6, 6.07) is 11.1. The summed E-state index contributed by atoms with van der Waals surface area (Å²) in [5.41, 5.74) is 0.929. The first-order chi connectivity index (χ1) is 9.26. The summed E-state index contributed by atoms with van der Waals surface area (Å²) in [6.45, 7) is 0. The second-order valence-electron chi connectivity index (χ2n) is 4.07. The largest absolute Gasteiger partial charge is 0.508 e. The molecule has 0 saturated carbocycles. The highest BCUT2D eigenvalue weighted by Crippen LogP contribution is 2.25. The van der Waals surface area contributed by atoms with Crippen molar-refractivity contribution in [3.05, 3.63) is 48.8 Å². The van der Waals surface area contributed by atoms with Gasteiger partial charge < -0.3 is 8.17 Å². The molecule has 3 rings (SSSR count). The number of aromatic hydroxyl groups is 1. The second kappa shape index (κ2) is 5.00. The number of halogens is 1. The van der Waals surface area contributed by atoms with Crippen LogP contribution in [0.4, 0.5) is 0 Å². The third-order valence-electron chi connectivity index (χ3n) is 2.80. The molecule has 1 aromatic heterocycles. The van der Waals surface area contributed by atoms with Gasteiger partial charge in [0.25, 0.3) is 0 Å². The summed E-state index contributed by atoms with van der Waals surface area (Å²) in [5.74, 6) is 1.53. The first-order valence-corrected chi connectivity index (χ1v) is 6.48. The number of fused-ring (bicyclic) bond motifs is 1.